The summed E-state index contributed by atoms with van der Waals surface area (Å²) in [4.78, 5) is 16.8. The Morgan fingerprint density at radius 3 is 2.58 bits per heavy atom. The smallest absolute Gasteiger partial charge is 0.229 e. The second-order valence-corrected chi connectivity index (χ2v) is 7.72. The molecule has 5 nitrogen and oxygen atoms in total. The summed E-state index contributed by atoms with van der Waals surface area (Å²) >= 11 is 0. The number of aromatic nitrogens is 1. The predicted octanol–water partition coefficient (Wildman–Crippen LogP) is 4.57. The first kappa shape index (κ1) is 20.0. The van der Waals surface area contributed by atoms with E-state index in [4.69, 9.17) is 10.1 Å². The van der Waals surface area contributed by atoms with E-state index in [0.29, 0.717) is 12.3 Å². The second-order valence-electron chi connectivity index (χ2n) is 7.72. The number of ether oxygens (including phenoxy) is 1. The first-order valence-corrected chi connectivity index (χ1v) is 8.98. The number of pyridine rings is 1. The monoisotopic (exact) mass is 355 g/mol. The lowest BCUT2D eigenvalue weighted by Crippen LogP contribution is -2.27. The van der Waals surface area contributed by atoms with Gasteiger partial charge < -0.3 is 15.5 Å². The van der Waals surface area contributed by atoms with Gasteiger partial charge in [-0.3, -0.25) is 9.78 Å². The van der Waals surface area contributed by atoms with Crippen LogP contribution in [0.15, 0.2) is 24.3 Å². The van der Waals surface area contributed by atoms with Gasteiger partial charge in [-0.25, -0.2) is 0 Å². The van der Waals surface area contributed by atoms with Crippen LogP contribution in [0.4, 0.5) is 5.69 Å². The molecule has 0 spiro atoms. The van der Waals surface area contributed by atoms with Gasteiger partial charge in [0.25, 0.3) is 0 Å². The van der Waals surface area contributed by atoms with Crippen LogP contribution in [0.2, 0.25) is 0 Å². The molecule has 2 rings (SSSR count). The van der Waals surface area contributed by atoms with Crippen LogP contribution in [0.5, 0.6) is 0 Å². The molecule has 0 aliphatic carbocycles. The van der Waals surface area contributed by atoms with E-state index in [1.165, 1.54) is 0 Å². The molecule has 0 saturated heterocycles. The summed E-state index contributed by atoms with van der Waals surface area (Å²) in [6.07, 6.45) is 0.843. The van der Waals surface area contributed by atoms with Crippen LogP contribution in [0.1, 0.15) is 45.4 Å². The summed E-state index contributed by atoms with van der Waals surface area (Å²) in [5.74, 6) is 0.00822. The molecule has 0 bridgehead atoms. The van der Waals surface area contributed by atoms with Crippen LogP contribution in [0.25, 0.3) is 10.9 Å². The Balaban J connectivity index is 2.45. The highest BCUT2D eigenvalue weighted by Crippen LogP contribution is 2.26. The van der Waals surface area contributed by atoms with Crippen molar-refractivity contribution in [2.75, 3.05) is 19.0 Å². The van der Waals surface area contributed by atoms with E-state index < -0.39 is 5.41 Å². The van der Waals surface area contributed by atoms with Crippen LogP contribution < -0.4 is 5.32 Å². The molecule has 5 heteroatoms. The van der Waals surface area contributed by atoms with Gasteiger partial charge >= 0.3 is 0 Å². The maximum Gasteiger partial charge on any atom is 0.229 e. The van der Waals surface area contributed by atoms with Gasteiger partial charge in [-0.1, -0.05) is 33.8 Å². The van der Waals surface area contributed by atoms with Gasteiger partial charge in [-0.05, 0) is 31.5 Å². The van der Waals surface area contributed by atoms with Crippen molar-refractivity contribution < 1.29 is 9.53 Å². The quantitative estimate of drug-likeness (QED) is 0.745. The number of benzene rings is 1. The number of hydrogen-bond donors (Lipinski definition) is 2. The lowest BCUT2D eigenvalue weighted by molar-refractivity contribution is -0.123. The summed E-state index contributed by atoms with van der Waals surface area (Å²) in [7, 11) is 1.66. The second kappa shape index (κ2) is 7.96. The Hall–Kier alpha value is -2.27. The van der Waals surface area contributed by atoms with Crippen LogP contribution in [0, 0.1) is 23.7 Å². The third-order valence-electron chi connectivity index (χ3n) is 4.44. The standard InChI is InChI=1S/C21H29N3O2/c1-7-14(12-26-6)19(22)17-10-13(2)23-18-11-15(8-9-16(17)18)24-20(25)21(3,4)5/h8-11,14,22H,7,12H2,1-6H3,(H,24,25)/t14-/m1/s1. The molecular formula is C21H29N3O2. The molecule has 1 heterocycles. The van der Waals surface area contributed by atoms with Crippen LogP contribution >= 0.6 is 0 Å². The van der Waals surface area contributed by atoms with Gasteiger partial charge in [0.1, 0.15) is 0 Å². The Kier molecular flexibility index (Phi) is 6.13. The van der Waals surface area contributed by atoms with Crippen molar-refractivity contribution in [3.05, 3.63) is 35.5 Å². The summed E-state index contributed by atoms with van der Waals surface area (Å²) < 4.78 is 5.27. The van der Waals surface area contributed by atoms with Crippen molar-refractivity contribution in [1.82, 2.24) is 4.98 Å². The molecule has 1 atom stereocenters. The molecule has 1 aromatic heterocycles. The highest BCUT2D eigenvalue weighted by Gasteiger charge is 2.22. The predicted molar refractivity (Wildman–Crippen MR) is 107 cm³/mol. The van der Waals surface area contributed by atoms with Crippen molar-refractivity contribution >= 4 is 28.2 Å². The summed E-state index contributed by atoms with van der Waals surface area (Å²) in [6, 6.07) is 7.64. The Labute approximate surface area is 155 Å². The SMILES string of the molecule is CC[C@H](COC)C(=N)c1cc(C)nc2cc(NC(=O)C(C)(C)C)ccc12. The Morgan fingerprint density at radius 2 is 2.00 bits per heavy atom. The zero-order valence-corrected chi connectivity index (χ0v) is 16.6. The zero-order chi connectivity index (χ0) is 19.5. The van der Waals surface area contributed by atoms with E-state index in [2.05, 4.69) is 17.2 Å². The van der Waals surface area contributed by atoms with E-state index in [1.807, 2.05) is 52.0 Å². The number of carbonyl (C=O) groups is 1. The van der Waals surface area contributed by atoms with Crippen molar-refractivity contribution in [2.24, 2.45) is 11.3 Å². The number of nitrogens with one attached hydrogen (secondary N) is 2. The Bertz CT molecular complexity index is 822. The third-order valence-corrected chi connectivity index (χ3v) is 4.44. The lowest BCUT2D eigenvalue weighted by atomic mass is 9.92. The largest absolute Gasteiger partial charge is 0.384 e. The molecule has 2 aromatic rings. The molecule has 0 aliphatic heterocycles. The van der Waals surface area contributed by atoms with Crippen LogP contribution in [0.3, 0.4) is 0 Å². The highest BCUT2D eigenvalue weighted by molar-refractivity contribution is 6.10. The summed E-state index contributed by atoms with van der Waals surface area (Å²) in [6.45, 7) is 10.2. The van der Waals surface area contributed by atoms with Crippen molar-refractivity contribution in [3.8, 4) is 0 Å². The molecule has 0 aliphatic rings. The minimum Gasteiger partial charge on any atom is -0.384 e. The number of carbonyl (C=O) groups excluding carboxylic acids is 1. The molecule has 26 heavy (non-hydrogen) atoms. The van der Waals surface area contributed by atoms with Crippen molar-refractivity contribution in [3.63, 3.8) is 0 Å². The molecule has 1 amide bonds. The van der Waals surface area contributed by atoms with Gasteiger partial charge in [0.15, 0.2) is 0 Å². The van der Waals surface area contributed by atoms with Crippen LogP contribution in [-0.2, 0) is 9.53 Å². The third kappa shape index (κ3) is 4.47. The van der Waals surface area contributed by atoms with Crippen molar-refractivity contribution in [1.29, 1.82) is 5.41 Å². The van der Waals surface area contributed by atoms with Crippen LogP contribution in [-0.4, -0.2) is 30.3 Å². The zero-order valence-electron chi connectivity index (χ0n) is 16.6. The number of rotatable bonds is 6. The minimum atomic E-state index is -0.462. The topological polar surface area (TPSA) is 75.1 Å². The average molecular weight is 355 g/mol. The molecule has 0 saturated carbocycles. The maximum atomic E-state index is 12.2. The fraction of sp³-hybridized carbons (Fsp3) is 0.476. The average Bonchev–Trinajstić information content (AvgIpc) is 2.57. The number of aryl methyl sites for hydroxylation is 1. The van der Waals surface area contributed by atoms with Gasteiger partial charge in [0.05, 0.1) is 12.1 Å². The fourth-order valence-electron chi connectivity index (χ4n) is 2.81. The summed E-state index contributed by atoms with van der Waals surface area (Å²) in [5.41, 5.74) is 3.34. The molecular weight excluding hydrogens is 326 g/mol. The van der Waals surface area contributed by atoms with E-state index in [-0.39, 0.29) is 11.8 Å². The van der Waals surface area contributed by atoms with Crippen molar-refractivity contribution in [2.45, 2.75) is 41.0 Å². The normalized spacial score (nSPS) is 12.8. The molecule has 1 aromatic carbocycles. The van der Waals surface area contributed by atoms with Gasteiger partial charge in [0.2, 0.25) is 5.91 Å². The van der Waals surface area contributed by atoms with Gasteiger partial charge in [-0.15, -0.1) is 0 Å². The first-order valence-electron chi connectivity index (χ1n) is 8.98. The van der Waals surface area contributed by atoms with E-state index in [1.54, 1.807) is 7.11 Å². The molecule has 0 fully saturated rings. The lowest BCUT2D eigenvalue weighted by Gasteiger charge is -2.19. The number of methoxy groups -OCH3 is 1. The number of hydrogen-bond acceptors (Lipinski definition) is 4. The molecule has 140 valence electrons. The maximum absolute atomic E-state index is 12.2. The molecule has 0 radical (unpaired) electrons. The minimum absolute atomic E-state index is 0.0383. The molecule has 0 unspecified atom stereocenters. The van der Waals surface area contributed by atoms with E-state index >= 15 is 0 Å². The Morgan fingerprint density at radius 1 is 1.31 bits per heavy atom. The van der Waals surface area contributed by atoms with E-state index in [9.17, 15) is 4.79 Å². The number of amides is 1. The molecule has 2 N–H and O–H groups in total. The highest BCUT2D eigenvalue weighted by atomic mass is 16.5. The van der Waals surface area contributed by atoms with E-state index in [0.717, 1.165) is 34.3 Å². The number of fused-ring (bicyclic) bond motifs is 1. The van der Waals surface area contributed by atoms with Gasteiger partial charge in [-0.2, -0.15) is 0 Å². The van der Waals surface area contributed by atoms with Gasteiger partial charge in [0, 0.05) is 46.5 Å². The number of anilines is 1. The number of nitrogens with zero attached hydrogens (tertiary/aromatic N) is 1. The first-order chi connectivity index (χ1) is 12.2. The fourth-order valence-corrected chi connectivity index (χ4v) is 2.81. The summed E-state index contributed by atoms with van der Waals surface area (Å²) in [5, 5.41) is 12.5.